The highest BCUT2D eigenvalue weighted by atomic mass is 35.5. The molecule has 1 aromatic rings. The van der Waals surface area contributed by atoms with E-state index >= 15 is 0 Å². The summed E-state index contributed by atoms with van der Waals surface area (Å²) in [5, 5.41) is 3.52. The monoisotopic (exact) mass is 253 g/mol. The number of benzene rings is 1. The Morgan fingerprint density at radius 1 is 1.47 bits per heavy atom. The number of hydrogen-bond acceptors (Lipinski definition) is 2. The third kappa shape index (κ3) is 3.72. The summed E-state index contributed by atoms with van der Waals surface area (Å²) < 4.78 is 5.44. The van der Waals surface area contributed by atoms with E-state index in [1.165, 1.54) is 0 Å². The fourth-order valence-electron chi connectivity index (χ4n) is 1.91. The summed E-state index contributed by atoms with van der Waals surface area (Å²) >= 11 is 5.99. The molecule has 1 N–H and O–H groups in total. The van der Waals surface area contributed by atoms with Gasteiger partial charge in [0.25, 0.3) is 0 Å². The van der Waals surface area contributed by atoms with Gasteiger partial charge in [0, 0.05) is 18.2 Å². The number of halogens is 1. The Kier molecular flexibility index (Phi) is 4.40. The van der Waals surface area contributed by atoms with Gasteiger partial charge in [-0.05, 0) is 24.5 Å². The number of carbonyl (C=O) groups is 1. The Labute approximate surface area is 106 Å². The third-order valence-electron chi connectivity index (χ3n) is 2.86. The molecule has 4 heteroatoms. The average molecular weight is 254 g/mol. The SMILES string of the molecule is O=C(Cc1ccccc1Cl)NC[C@@H]1CCCO1. The van der Waals surface area contributed by atoms with Crippen LogP contribution < -0.4 is 5.32 Å². The van der Waals surface area contributed by atoms with Gasteiger partial charge in [-0.15, -0.1) is 0 Å². The molecule has 0 aromatic heterocycles. The molecule has 0 radical (unpaired) electrons. The van der Waals surface area contributed by atoms with E-state index < -0.39 is 0 Å². The summed E-state index contributed by atoms with van der Waals surface area (Å²) in [5.41, 5.74) is 0.860. The van der Waals surface area contributed by atoms with Crippen LogP contribution in [-0.2, 0) is 16.0 Å². The molecular weight excluding hydrogens is 238 g/mol. The zero-order valence-corrected chi connectivity index (χ0v) is 10.4. The van der Waals surface area contributed by atoms with Gasteiger partial charge in [-0.3, -0.25) is 4.79 Å². The quantitative estimate of drug-likeness (QED) is 0.893. The van der Waals surface area contributed by atoms with E-state index in [0.29, 0.717) is 18.0 Å². The van der Waals surface area contributed by atoms with Crippen LogP contribution in [0, 0.1) is 0 Å². The van der Waals surface area contributed by atoms with Crippen LogP contribution in [-0.4, -0.2) is 25.2 Å². The number of ether oxygens (including phenoxy) is 1. The summed E-state index contributed by atoms with van der Waals surface area (Å²) in [6, 6.07) is 7.41. The maximum Gasteiger partial charge on any atom is 0.224 e. The second-order valence-electron chi connectivity index (χ2n) is 4.21. The van der Waals surface area contributed by atoms with Crippen LogP contribution in [0.15, 0.2) is 24.3 Å². The van der Waals surface area contributed by atoms with E-state index in [4.69, 9.17) is 16.3 Å². The van der Waals surface area contributed by atoms with Crippen LogP contribution in [0.4, 0.5) is 0 Å². The van der Waals surface area contributed by atoms with Gasteiger partial charge >= 0.3 is 0 Å². The lowest BCUT2D eigenvalue weighted by molar-refractivity contribution is -0.120. The average Bonchev–Trinajstić information content (AvgIpc) is 2.82. The van der Waals surface area contributed by atoms with Crippen molar-refractivity contribution in [3.63, 3.8) is 0 Å². The Morgan fingerprint density at radius 3 is 3.00 bits per heavy atom. The van der Waals surface area contributed by atoms with E-state index in [2.05, 4.69) is 5.32 Å². The molecule has 1 heterocycles. The van der Waals surface area contributed by atoms with E-state index in [-0.39, 0.29) is 12.0 Å². The molecule has 1 aliphatic rings. The second kappa shape index (κ2) is 6.03. The van der Waals surface area contributed by atoms with Crippen LogP contribution >= 0.6 is 11.6 Å². The summed E-state index contributed by atoms with van der Waals surface area (Å²) in [6.07, 6.45) is 2.63. The van der Waals surface area contributed by atoms with Gasteiger partial charge in [-0.2, -0.15) is 0 Å². The summed E-state index contributed by atoms with van der Waals surface area (Å²) in [5.74, 6) is -0.00593. The van der Waals surface area contributed by atoms with Crippen molar-refractivity contribution in [2.75, 3.05) is 13.2 Å². The summed E-state index contributed by atoms with van der Waals surface area (Å²) in [6.45, 7) is 1.41. The molecule has 1 saturated heterocycles. The molecule has 17 heavy (non-hydrogen) atoms. The maximum atomic E-state index is 11.7. The van der Waals surface area contributed by atoms with E-state index in [9.17, 15) is 4.79 Å². The first kappa shape index (κ1) is 12.4. The van der Waals surface area contributed by atoms with Gasteiger partial charge in [0.2, 0.25) is 5.91 Å². The molecule has 0 aliphatic carbocycles. The lowest BCUT2D eigenvalue weighted by atomic mass is 10.1. The van der Waals surface area contributed by atoms with Crippen molar-refractivity contribution < 1.29 is 9.53 Å². The Morgan fingerprint density at radius 2 is 2.29 bits per heavy atom. The molecule has 0 saturated carbocycles. The van der Waals surface area contributed by atoms with Gasteiger partial charge in [-0.25, -0.2) is 0 Å². The number of carbonyl (C=O) groups excluding carboxylic acids is 1. The molecule has 1 fully saturated rings. The van der Waals surface area contributed by atoms with Crippen LogP contribution in [0.1, 0.15) is 18.4 Å². The van der Waals surface area contributed by atoms with Gasteiger partial charge in [0.15, 0.2) is 0 Å². The van der Waals surface area contributed by atoms with Crippen molar-refractivity contribution >= 4 is 17.5 Å². The van der Waals surface area contributed by atoms with Crippen molar-refractivity contribution in [3.05, 3.63) is 34.9 Å². The molecule has 0 bridgehead atoms. The predicted octanol–water partition coefficient (Wildman–Crippen LogP) is 2.18. The fourth-order valence-corrected chi connectivity index (χ4v) is 2.11. The van der Waals surface area contributed by atoms with Crippen molar-refractivity contribution in [2.45, 2.75) is 25.4 Å². The minimum absolute atomic E-state index is 0.00593. The number of rotatable bonds is 4. The third-order valence-corrected chi connectivity index (χ3v) is 3.23. The Balaban J connectivity index is 1.79. The van der Waals surface area contributed by atoms with Crippen LogP contribution in [0.5, 0.6) is 0 Å². The number of amides is 1. The van der Waals surface area contributed by atoms with E-state index in [1.54, 1.807) is 6.07 Å². The number of nitrogens with one attached hydrogen (secondary N) is 1. The van der Waals surface area contributed by atoms with Gasteiger partial charge in [-0.1, -0.05) is 29.8 Å². The molecule has 3 nitrogen and oxygen atoms in total. The highest BCUT2D eigenvalue weighted by Gasteiger charge is 2.16. The number of hydrogen-bond donors (Lipinski definition) is 1. The zero-order valence-electron chi connectivity index (χ0n) is 9.62. The van der Waals surface area contributed by atoms with Crippen LogP contribution in [0.25, 0.3) is 0 Å². The van der Waals surface area contributed by atoms with Crippen molar-refractivity contribution in [1.29, 1.82) is 0 Å². The minimum atomic E-state index is -0.00593. The first-order valence-electron chi connectivity index (χ1n) is 5.87. The van der Waals surface area contributed by atoms with E-state index in [1.807, 2.05) is 18.2 Å². The zero-order chi connectivity index (χ0) is 12.1. The Hall–Kier alpha value is -1.06. The minimum Gasteiger partial charge on any atom is -0.376 e. The van der Waals surface area contributed by atoms with Crippen molar-refractivity contribution in [2.24, 2.45) is 0 Å². The van der Waals surface area contributed by atoms with Crippen LogP contribution in [0.3, 0.4) is 0 Å². The molecule has 2 rings (SSSR count). The molecule has 92 valence electrons. The van der Waals surface area contributed by atoms with Gasteiger partial charge < -0.3 is 10.1 Å². The van der Waals surface area contributed by atoms with Gasteiger partial charge in [0.05, 0.1) is 12.5 Å². The van der Waals surface area contributed by atoms with Crippen molar-refractivity contribution in [1.82, 2.24) is 5.32 Å². The molecule has 1 amide bonds. The standard InChI is InChI=1S/C13H16ClNO2/c14-12-6-2-1-4-10(12)8-13(16)15-9-11-5-3-7-17-11/h1-2,4,6,11H,3,5,7-9H2,(H,15,16)/t11-/m0/s1. The lowest BCUT2D eigenvalue weighted by Gasteiger charge is -2.11. The normalized spacial score (nSPS) is 19.2. The first-order valence-corrected chi connectivity index (χ1v) is 6.25. The maximum absolute atomic E-state index is 11.7. The molecule has 0 unspecified atom stereocenters. The Bertz CT molecular complexity index is 389. The molecule has 1 aliphatic heterocycles. The fraction of sp³-hybridized carbons (Fsp3) is 0.462. The first-order chi connectivity index (χ1) is 8.25. The molecular formula is C13H16ClNO2. The largest absolute Gasteiger partial charge is 0.376 e. The predicted molar refractivity (Wildman–Crippen MR) is 67.1 cm³/mol. The summed E-state index contributed by atoms with van der Waals surface area (Å²) in [4.78, 5) is 11.7. The summed E-state index contributed by atoms with van der Waals surface area (Å²) in [7, 11) is 0. The molecule has 1 atom stereocenters. The second-order valence-corrected chi connectivity index (χ2v) is 4.61. The van der Waals surface area contributed by atoms with Crippen LogP contribution in [0.2, 0.25) is 5.02 Å². The van der Waals surface area contributed by atoms with E-state index in [0.717, 1.165) is 25.0 Å². The topological polar surface area (TPSA) is 38.3 Å². The molecule has 0 spiro atoms. The highest BCUT2D eigenvalue weighted by molar-refractivity contribution is 6.31. The lowest BCUT2D eigenvalue weighted by Crippen LogP contribution is -2.32. The highest BCUT2D eigenvalue weighted by Crippen LogP contribution is 2.15. The van der Waals surface area contributed by atoms with Gasteiger partial charge in [0.1, 0.15) is 0 Å². The molecule has 1 aromatic carbocycles. The van der Waals surface area contributed by atoms with Crippen molar-refractivity contribution in [3.8, 4) is 0 Å². The smallest absolute Gasteiger partial charge is 0.224 e.